The third-order valence-corrected chi connectivity index (χ3v) is 1.92. The van der Waals surface area contributed by atoms with Gasteiger partial charge in [-0.2, -0.15) is 0 Å². The van der Waals surface area contributed by atoms with Gasteiger partial charge in [-0.15, -0.1) is 0 Å². The molecule has 82 valence electrons. The van der Waals surface area contributed by atoms with Gasteiger partial charge >= 0.3 is 5.97 Å². The van der Waals surface area contributed by atoms with Crippen molar-refractivity contribution in [2.45, 2.75) is 18.9 Å². The summed E-state index contributed by atoms with van der Waals surface area (Å²) in [5, 5.41) is 8.45. The molecule has 0 heterocycles. The predicted octanol–water partition coefficient (Wildman–Crippen LogP) is 1.31. The molecule has 0 amide bonds. The highest BCUT2D eigenvalue weighted by molar-refractivity contribution is 5.67. The molecule has 0 spiro atoms. The molecule has 1 aromatic carbocycles. The lowest BCUT2D eigenvalue weighted by Crippen LogP contribution is -2.26. The summed E-state index contributed by atoms with van der Waals surface area (Å²) >= 11 is 0. The van der Waals surface area contributed by atoms with Gasteiger partial charge < -0.3 is 10.8 Å². The molecule has 0 aliphatic rings. The standard InChI is InChI=1S/C10H11F2NO2/c11-8-2-1-6(4-9(8)12)3-7(13)5-10(14)15/h1-2,4,7H,3,5,13H2,(H,14,15). The van der Waals surface area contributed by atoms with Gasteiger partial charge in [0.1, 0.15) is 0 Å². The van der Waals surface area contributed by atoms with Gasteiger partial charge in [0.25, 0.3) is 0 Å². The number of hydrogen-bond donors (Lipinski definition) is 2. The van der Waals surface area contributed by atoms with E-state index in [1.807, 2.05) is 0 Å². The van der Waals surface area contributed by atoms with E-state index in [9.17, 15) is 13.6 Å². The molecule has 0 radical (unpaired) electrons. The van der Waals surface area contributed by atoms with Crippen LogP contribution in [0.2, 0.25) is 0 Å². The summed E-state index contributed by atoms with van der Waals surface area (Å²) in [6, 6.07) is 2.82. The average Bonchev–Trinajstić information content (AvgIpc) is 2.10. The number of rotatable bonds is 4. The van der Waals surface area contributed by atoms with Crippen LogP contribution in [0.5, 0.6) is 0 Å². The molecule has 0 aliphatic heterocycles. The van der Waals surface area contributed by atoms with Crippen LogP contribution >= 0.6 is 0 Å². The lowest BCUT2D eigenvalue weighted by molar-refractivity contribution is -0.137. The fourth-order valence-electron chi connectivity index (χ4n) is 1.27. The smallest absolute Gasteiger partial charge is 0.304 e. The monoisotopic (exact) mass is 215 g/mol. The lowest BCUT2D eigenvalue weighted by atomic mass is 10.0. The number of halogens is 2. The summed E-state index contributed by atoms with van der Waals surface area (Å²) in [5.74, 6) is -2.88. The topological polar surface area (TPSA) is 63.3 Å². The quantitative estimate of drug-likeness (QED) is 0.795. The minimum Gasteiger partial charge on any atom is -0.481 e. The molecular weight excluding hydrogens is 204 g/mol. The Labute approximate surface area is 85.5 Å². The summed E-state index contributed by atoms with van der Waals surface area (Å²) in [5.41, 5.74) is 5.99. The minimum atomic E-state index is -1.01. The van der Waals surface area contributed by atoms with Crippen molar-refractivity contribution in [1.29, 1.82) is 0 Å². The first-order valence-corrected chi connectivity index (χ1v) is 4.40. The Kier molecular flexibility index (Phi) is 3.74. The molecule has 0 aliphatic carbocycles. The molecular formula is C10H11F2NO2. The van der Waals surface area contributed by atoms with Crippen molar-refractivity contribution in [3.05, 3.63) is 35.4 Å². The lowest BCUT2D eigenvalue weighted by Gasteiger charge is -2.08. The van der Waals surface area contributed by atoms with E-state index in [1.165, 1.54) is 6.07 Å². The van der Waals surface area contributed by atoms with Crippen molar-refractivity contribution in [3.63, 3.8) is 0 Å². The van der Waals surface area contributed by atoms with Gasteiger partial charge in [0.2, 0.25) is 0 Å². The number of carboxylic acid groups (broad SMARTS) is 1. The zero-order valence-electron chi connectivity index (χ0n) is 7.91. The third kappa shape index (κ3) is 3.63. The Balaban J connectivity index is 2.64. The van der Waals surface area contributed by atoms with Crippen molar-refractivity contribution >= 4 is 5.97 Å². The maximum atomic E-state index is 12.8. The number of hydrogen-bond acceptors (Lipinski definition) is 2. The highest BCUT2D eigenvalue weighted by Gasteiger charge is 2.10. The minimum absolute atomic E-state index is 0.195. The van der Waals surface area contributed by atoms with Crippen molar-refractivity contribution in [3.8, 4) is 0 Å². The molecule has 1 rings (SSSR count). The van der Waals surface area contributed by atoms with E-state index in [0.717, 1.165) is 12.1 Å². The molecule has 3 N–H and O–H groups in total. The summed E-state index contributed by atoms with van der Waals surface area (Å²) < 4.78 is 25.3. The number of aliphatic carboxylic acids is 1. The Morgan fingerprint density at radius 1 is 1.40 bits per heavy atom. The van der Waals surface area contributed by atoms with Crippen LogP contribution in [0.3, 0.4) is 0 Å². The fourth-order valence-corrected chi connectivity index (χ4v) is 1.27. The van der Waals surface area contributed by atoms with E-state index in [1.54, 1.807) is 0 Å². The molecule has 3 nitrogen and oxygen atoms in total. The van der Waals surface area contributed by atoms with Crippen LogP contribution < -0.4 is 5.73 Å². The first kappa shape index (κ1) is 11.6. The van der Waals surface area contributed by atoms with Crippen LogP contribution in [-0.2, 0) is 11.2 Å². The van der Waals surface area contributed by atoms with Gasteiger partial charge in [-0.25, -0.2) is 8.78 Å². The maximum Gasteiger partial charge on any atom is 0.304 e. The highest BCUT2D eigenvalue weighted by Crippen LogP contribution is 2.10. The van der Waals surface area contributed by atoms with E-state index in [0.29, 0.717) is 5.56 Å². The summed E-state index contributed by atoms with van der Waals surface area (Å²) in [6.07, 6.45) is 0.0164. The van der Waals surface area contributed by atoms with Gasteiger partial charge in [0, 0.05) is 6.04 Å². The van der Waals surface area contributed by atoms with Gasteiger partial charge in [0.05, 0.1) is 6.42 Å². The molecule has 0 saturated carbocycles. The van der Waals surface area contributed by atoms with Crippen molar-refractivity contribution in [1.82, 2.24) is 0 Å². The molecule has 1 atom stereocenters. The number of benzene rings is 1. The molecule has 1 unspecified atom stereocenters. The van der Waals surface area contributed by atoms with Crippen LogP contribution in [0, 0.1) is 11.6 Å². The zero-order valence-corrected chi connectivity index (χ0v) is 7.91. The molecule has 5 heteroatoms. The molecule has 1 aromatic rings. The normalized spacial score (nSPS) is 12.5. The average molecular weight is 215 g/mol. The second-order valence-electron chi connectivity index (χ2n) is 3.31. The fraction of sp³-hybridized carbons (Fsp3) is 0.300. The zero-order chi connectivity index (χ0) is 11.4. The molecule has 0 aromatic heterocycles. The van der Waals surface area contributed by atoms with Crippen molar-refractivity contribution in [2.24, 2.45) is 5.73 Å². The highest BCUT2D eigenvalue weighted by atomic mass is 19.2. The van der Waals surface area contributed by atoms with Gasteiger partial charge in [0.15, 0.2) is 11.6 Å². The Morgan fingerprint density at radius 2 is 2.07 bits per heavy atom. The van der Waals surface area contributed by atoms with E-state index >= 15 is 0 Å². The largest absolute Gasteiger partial charge is 0.481 e. The molecule has 0 bridgehead atoms. The van der Waals surface area contributed by atoms with Gasteiger partial charge in [-0.1, -0.05) is 6.07 Å². The number of carbonyl (C=O) groups is 1. The maximum absolute atomic E-state index is 12.8. The van der Waals surface area contributed by atoms with Crippen LogP contribution in [0.15, 0.2) is 18.2 Å². The third-order valence-electron chi connectivity index (χ3n) is 1.92. The van der Waals surface area contributed by atoms with Gasteiger partial charge in [-0.3, -0.25) is 4.79 Å². The van der Waals surface area contributed by atoms with Crippen LogP contribution in [0.4, 0.5) is 8.78 Å². The molecule has 0 saturated heterocycles. The van der Waals surface area contributed by atoms with Gasteiger partial charge in [-0.05, 0) is 24.1 Å². The summed E-state index contributed by atoms with van der Waals surface area (Å²) in [6.45, 7) is 0. The van der Waals surface area contributed by atoms with Crippen LogP contribution in [0.1, 0.15) is 12.0 Å². The van der Waals surface area contributed by atoms with E-state index in [4.69, 9.17) is 10.8 Å². The number of carboxylic acids is 1. The Hall–Kier alpha value is -1.49. The predicted molar refractivity (Wildman–Crippen MR) is 50.3 cm³/mol. The first-order chi connectivity index (χ1) is 6.99. The Morgan fingerprint density at radius 3 is 2.60 bits per heavy atom. The summed E-state index contributed by atoms with van der Waals surface area (Å²) in [4.78, 5) is 10.3. The first-order valence-electron chi connectivity index (χ1n) is 4.40. The second-order valence-corrected chi connectivity index (χ2v) is 3.31. The second kappa shape index (κ2) is 4.84. The van der Waals surface area contributed by atoms with E-state index in [-0.39, 0.29) is 12.8 Å². The summed E-state index contributed by atoms with van der Waals surface area (Å²) in [7, 11) is 0. The number of nitrogens with two attached hydrogens (primary N) is 1. The van der Waals surface area contributed by atoms with E-state index in [2.05, 4.69) is 0 Å². The SMILES string of the molecule is NC(CC(=O)O)Cc1ccc(F)c(F)c1. The molecule has 0 fully saturated rings. The molecule has 15 heavy (non-hydrogen) atoms. The van der Waals surface area contributed by atoms with Crippen molar-refractivity contribution < 1.29 is 18.7 Å². The van der Waals surface area contributed by atoms with E-state index < -0.39 is 23.6 Å². The van der Waals surface area contributed by atoms with Crippen LogP contribution in [0.25, 0.3) is 0 Å². The Bertz CT molecular complexity index is 368. The van der Waals surface area contributed by atoms with Crippen LogP contribution in [-0.4, -0.2) is 17.1 Å². The van der Waals surface area contributed by atoms with Crippen molar-refractivity contribution in [2.75, 3.05) is 0 Å².